The quantitative estimate of drug-likeness (QED) is 0.565. The van der Waals surface area contributed by atoms with Crippen molar-refractivity contribution in [2.24, 2.45) is 0 Å². The number of anilines is 1. The van der Waals surface area contributed by atoms with Crippen molar-refractivity contribution in [3.63, 3.8) is 0 Å². The highest BCUT2D eigenvalue weighted by Gasteiger charge is 2.16. The molecule has 120 valence electrons. The summed E-state index contributed by atoms with van der Waals surface area (Å²) in [5.74, 6) is -1.87. The zero-order valence-corrected chi connectivity index (χ0v) is 12.5. The second-order valence-corrected chi connectivity index (χ2v) is 5.09. The van der Waals surface area contributed by atoms with Crippen LogP contribution in [-0.4, -0.2) is 5.78 Å². The van der Waals surface area contributed by atoms with Crippen LogP contribution in [0.1, 0.15) is 15.9 Å². The van der Waals surface area contributed by atoms with Gasteiger partial charge in [-0.05, 0) is 24.3 Å². The van der Waals surface area contributed by atoms with Gasteiger partial charge in [-0.2, -0.15) is 0 Å². The Kier molecular flexibility index (Phi) is 4.24. The van der Waals surface area contributed by atoms with Crippen molar-refractivity contribution in [3.8, 4) is 11.5 Å². The molecule has 0 aliphatic carbocycles. The Bertz CT molecular complexity index is 895. The van der Waals surface area contributed by atoms with E-state index in [1.807, 2.05) is 0 Å². The molecule has 0 aliphatic heterocycles. The summed E-state index contributed by atoms with van der Waals surface area (Å²) in [5.41, 5.74) is 6.83. The van der Waals surface area contributed by atoms with E-state index in [4.69, 9.17) is 10.5 Å². The molecule has 0 atom stereocenters. The summed E-state index contributed by atoms with van der Waals surface area (Å²) in [6, 6.07) is 16.3. The van der Waals surface area contributed by atoms with Crippen LogP contribution in [0.5, 0.6) is 11.5 Å². The highest BCUT2D eigenvalue weighted by atomic mass is 19.1. The number of ketones is 1. The molecular formula is C19H13F2NO2. The van der Waals surface area contributed by atoms with Gasteiger partial charge in [0.25, 0.3) is 0 Å². The topological polar surface area (TPSA) is 52.3 Å². The molecule has 3 aromatic carbocycles. The molecule has 3 rings (SSSR count). The van der Waals surface area contributed by atoms with Crippen LogP contribution >= 0.6 is 0 Å². The first kappa shape index (κ1) is 15.7. The van der Waals surface area contributed by atoms with Crippen LogP contribution in [0, 0.1) is 11.6 Å². The van der Waals surface area contributed by atoms with E-state index in [-0.39, 0.29) is 28.5 Å². The lowest BCUT2D eigenvalue weighted by atomic mass is 10.0. The first-order valence-corrected chi connectivity index (χ1v) is 7.17. The van der Waals surface area contributed by atoms with Gasteiger partial charge in [-0.15, -0.1) is 0 Å². The van der Waals surface area contributed by atoms with E-state index in [9.17, 15) is 13.6 Å². The van der Waals surface area contributed by atoms with Gasteiger partial charge in [-0.25, -0.2) is 8.78 Å². The van der Waals surface area contributed by atoms with E-state index in [0.717, 1.165) is 12.1 Å². The van der Waals surface area contributed by atoms with Gasteiger partial charge in [0.05, 0.1) is 5.69 Å². The average molecular weight is 325 g/mol. The molecule has 5 heteroatoms. The second-order valence-electron chi connectivity index (χ2n) is 5.09. The van der Waals surface area contributed by atoms with E-state index in [1.54, 1.807) is 42.5 Å². The number of nitrogen functional groups attached to an aromatic ring is 1. The third kappa shape index (κ3) is 3.10. The van der Waals surface area contributed by atoms with Crippen molar-refractivity contribution >= 4 is 11.5 Å². The normalized spacial score (nSPS) is 10.4. The summed E-state index contributed by atoms with van der Waals surface area (Å²) in [5, 5.41) is 0. The van der Waals surface area contributed by atoms with Crippen LogP contribution in [0.2, 0.25) is 0 Å². The molecule has 0 aromatic heterocycles. The molecule has 2 N–H and O–H groups in total. The van der Waals surface area contributed by atoms with Crippen molar-refractivity contribution in [1.82, 2.24) is 0 Å². The predicted octanol–water partition coefficient (Wildman–Crippen LogP) is 4.57. The fourth-order valence-corrected chi connectivity index (χ4v) is 2.25. The van der Waals surface area contributed by atoms with Crippen molar-refractivity contribution in [1.29, 1.82) is 0 Å². The maximum Gasteiger partial charge on any atom is 0.195 e. The molecule has 3 nitrogen and oxygen atoms in total. The van der Waals surface area contributed by atoms with Crippen molar-refractivity contribution < 1.29 is 18.3 Å². The van der Waals surface area contributed by atoms with Crippen LogP contribution in [0.15, 0.2) is 66.7 Å². The summed E-state index contributed by atoms with van der Waals surface area (Å²) in [6.07, 6.45) is 0. The molecule has 3 aromatic rings. The number of rotatable bonds is 4. The number of para-hydroxylation sites is 1. The highest BCUT2D eigenvalue weighted by molar-refractivity contribution is 6.12. The maximum atomic E-state index is 13.7. The van der Waals surface area contributed by atoms with Gasteiger partial charge in [0.1, 0.15) is 5.82 Å². The lowest BCUT2D eigenvalue weighted by molar-refractivity contribution is 0.103. The third-order valence-corrected chi connectivity index (χ3v) is 3.46. The summed E-state index contributed by atoms with van der Waals surface area (Å²) in [4.78, 5) is 12.5. The van der Waals surface area contributed by atoms with Gasteiger partial charge in [0.15, 0.2) is 23.1 Å². The molecule has 0 fully saturated rings. The summed E-state index contributed by atoms with van der Waals surface area (Å²) < 4.78 is 32.1. The second kappa shape index (κ2) is 6.50. The Hall–Kier alpha value is -3.21. The Balaban J connectivity index is 1.95. The molecule has 0 radical (unpaired) electrons. The molecule has 0 bridgehead atoms. The van der Waals surface area contributed by atoms with E-state index >= 15 is 0 Å². The van der Waals surface area contributed by atoms with Gasteiger partial charge in [0.2, 0.25) is 0 Å². The molecular weight excluding hydrogens is 312 g/mol. The van der Waals surface area contributed by atoms with Crippen LogP contribution < -0.4 is 10.5 Å². The lowest BCUT2D eigenvalue weighted by Gasteiger charge is -2.12. The molecule has 24 heavy (non-hydrogen) atoms. The predicted molar refractivity (Wildman–Crippen MR) is 87.2 cm³/mol. The number of hydrogen-bond donors (Lipinski definition) is 1. The molecule has 0 spiro atoms. The number of carbonyl (C=O) groups is 1. The summed E-state index contributed by atoms with van der Waals surface area (Å²) in [7, 11) is 0. The molecule has 0 saturated carbocycles. The molecule has 0 unspecified atom stereocenters. The fraction of sp³-hybridized carbons (Fsp3) is 0. The first-order chi connectivity index (χ1) is 11.6. The van der Waals surface area contributed by atoms with Crippen molar-refractivity contribution in [2.75, 3.05) is 5.73 Å². The van der Waals surface area contributed by atoms with Crippen LogP contribution in [0.25, 0.3) is 0 Å². The van der Waals surface area contributed by atoms with Gasteiger partial charge >= 0.3 is 0 Å². The molecule has 0 aliphatic rings. The standard InChI is InChI=1S/C19H13F2NO2/c20-13-9-10-16(15(21)11-13)24-17-8-4-7-14(18(17)22)19(23)12-5-2-1-3-6-12/h1-11H,22H2. The number of carbonyl (C=O) groups excluding carboxylic acids is 1. The van der Waals surface area contributed by atoms with E-state index in [0.29, 0.717) is 11.6 Å². The van der Waals surface area contributed by atoms with Crippen molar-refractivity contribution in [3.05, 3.63) is 89.5 Å². The van der Waals surface area contributed by atoms with Gasteiger partial charge in [-0.3, -0.25) is 4.79 Å². The maximum absolute atomic E-state index is 13.7. The van der Waals surface area contributed by atoms with Gasteiger partial charge in [0, 0.05) is 17.2 Å². The molecule has 0 saturated heterocycles. The SMILES string of the molecule is Nc1c(Oc2ccc(F)cc2F)cccc1C(=O)c1ccccc1. The number of benzene rings is 3. The number of hydrogen-bond acceptors (Lipinski definition) is 3. The zero-order chi connectivity index (χ0) is 17.1. The first-order valence-electron chi connectivity index (χ1n) is 7.17. The zero-order valence-electron chi connectivity index (χ0n) is 12.5. The van der Waals surface area contributed by atoms with Crippen molar-refractivity contribution in [2.45, 2.75) is 0 Å². The Morgan fingerprint density at radius 3 is 2.33 bits per heavy atom. The fourth-order valence-electron chi connectivity index (χ4n) is 2.25. The van der Waals surface area contributed by atoms with Crippen LogP contribution in [-0.2, 0) is 0 Å². The minimum atomic E-state index is -0.853. The summed E-state index contributed by atoms with van der Waals surface area (Å²) >= 11 is 0. The highest BCUT2D eigenvalue weighted by Crippen LogP contribution is 2.32. The monoisotopic (exact) mass is 325 g/mol. The Morgan fingerprint density at radius 1 is 0.875 bits per heavy atom. The summed E-state index contributed by atoms with van der Waals surface area (Å²) in [6.45, 7) is 0. The van der Waals surface area contributed by atoms with Gasteiger partial charge < -0.3 is 10.5 Å². The van der Waals surface area contributed by atoms with E-state index < -0.39 is 11.6 Å². The Morgan fingerprint density at radius 2 is 1.62 bits per heavy atom. The minimum Gasteiger partial charge on any atom is -0.452 e. The van der Waals surface area contributed by atoms with Crippen LogP contribution in [0.3, 0.4) is 0 Å². The van der Waals surface area contributed by atoms with Gasteiger partial charge in [-0.1, -0.05) is 36.4 Å². The Labute approximate surface area is 137 Å². The largest absolute Gasteiger partial charge is 0.452 e. The number of ether oxygens (including phenoxy) is 1. The lowest BCUT2D eigenvalue weighted by Crippen LogP contribution is -2.06. The third-order valence-electron chi connectivity index (χ3n) is 3.46. The number of halogens is 2. The average Bonchev–Trinajstić information content (AvgIpc) is 2.59. The molecule has 0 amide bonds. The minimum absolute atomic E-state index is 0.0927. The smallest absolute Gasteiger partial charge is 0.195 e. The van der Waals surface area contributed by atoms with Crippen LogP contribution in [0.4, 0.5) is 14.5 Å². The van der Waals surface area contributed by atoms with E-state index in [1.165, 1.54) is 6.07 Å². The number of nitrogens with two attached hydrogens (primary N) is 1. The van der Waals surface area contributed by atoms with E-state index in [2.05, 4.69) is 0 Å². The molecule has 0 heterocycles.